The number of carbonyl (C=O) groups excluding carboxylic acids is 1. The molecule has 0 unspecified atom stereocenters. The summed E-state index contributed by atoms with van der Waals surface area (Å²) in [5.41, 5.74) is -0.287. The van der Waals surface area contributed by atoms with Gasteiger partial charge in [-0.1, -0.05) is 0 Å². The van der Waals surface area contributed by atoms with Gasteiger partial charge in [0, 0.05) is 12.8 Å². The summed E-state index contributed by atoms with van der Waals surface area (Å²) < 4.78 is 0. The molecule has 1 saturated heterocycles. The van der Waals surface area contributed by atoms with Crippen molar-refractivity contribution in [3.8, 4) is 12.3 Å². The van der Waals surface area contributed by atoms with Crippen molar-refractivity contribution in [1.29, 1.82) is 0 Å². The second-order valence-corrected chi connectivity index (χ2v) is 4.73. The van der Waals surface area contributed by atoms with Crippen LogP contribution in [0.5, 0.6) is 0 Å². The van der Waals surface area contributed by atoms with Crippen molar-refractivity contribution in [3.05, 3.63) is 0 Å². The van der Waals surface area contributed by atoms with E-state index in [1.54, 1.807) is 0 Å². The molecule has 0 aliphatic carbocycles. The Morgan fingerprint density at radius 3 is 2.53 bits per heavy atom. The highest BCUT2D eigenvalue weighted by Gasteiger charge is 2.34. The van der Waals surface area contributed by atoms with Crippen LogP contribution in [0.2, 0.25) is 0 Å². The Kier molecular flexibility index (Phi) is 4.35. The van der Waals surface area contributed by atoms with E-state index in [2.05, 4.69) is 10.8 Å². The minimum absolute atomic E-state index is 0.287. The van der Waals surface area contributed by atoms with Crippen LogP contribution in [0.15, 0.2) is 0 Å². The fourth-order valence-electron chi connectivity index (χ4n) is 2.11. The van der Waals surface area contributed by atoms with E-state index in [1.807, 2.05) is 13.8 Å². The fourth-order valence-corrected chi connectivity index (χ4v) is 2.11. The van der Waals surface area contributed by atoms with E-state index in [0.29, 0.717) is 18.6 Å². The third kappa shape index (κ3) is 3.07. The molecule has 1 aliphatic heterocycles. The van der Waals surface area contributed by atoms with Crippen molar-refractivity contribution >= 4 is 5.78 Å². The summed E-state index contributed by atoms with van der Waals surface area (Å²) in [5, 5.41) is 0. The Morgan fingerprint density at radius 2 is 2.00 bits per heavy atom. The summed E-state index contributed by atoms with van der Waals surface area (Å²) >= 11 is 0. The Bertz CT molecular complexity index is 256. The van der Waals surface area contributed by atoms with E-state index in [1.165, 1.54) is 12.8 Å². The molecule has 1 heterocycles. The molecule has 0 amide bonds. The van der Waals surface area contributed by atoms with Crippen molar-refractivity contribution in [3.63, 3.8) is 0 Å². The number of hydrogen-bond acceptors (Lipinski definition) is 2. The number of likely N-dealkylation sites (tertiary alicyclic amines) is 1. The van der Waals surface area contributed by atoms with Gasteiger partial charge < -0.3 is 0 Å². The maximum atomic E-state index is 12.0. The first-order valence-corrected chi connectivity index (χ1v) is 5.81. The van der Waals surface area contributed by atoms with Crippen LogP contribution < -0.4 is 0 Å². The summed E-state index contributed by atoms with van der Waals surface area (Å²) in [5.74, 6) is 2.91. The van der Waals surface area contributed by atoms with Gasteiger partial charge in [-0.2, -0.15) is 0 Å². The Morgan fingerprint density at radius 1 is 1.40 bits per heavy atom. The molecule has 1 fully saturated rings. The zero-order valence-electron chi connectivity index (χ0n) is 9.88. The molecular weight excluding hydrogens is 186 g/mol. The summed E-state index contributed by atoms with van der Waals surface area (Å²) in [6.45, 7) is 6.20. The lowest BCUT2D eigenvalue weighted by molar-refractivity contribution is -0.128. The standard InChI is InChI=1S/C13H21NO/c1-4-5-6-9-12(15)13(2,3)14-10-7-8-11-14/h1H,5-11H2,2-3H3. The number of ketones is 1. The van der Waals surface area contributed by atoms with Gasteiger partial charge >= 0.3 is 0 Å². The van der Waals surface area contributed by atoms with Gasteiger partial charge in [0.05, 0.1) is 5.54 Å². The van der Waals surface area contributed by atoms with Crippen molar-refractivity contribution in [1.82, 2.24) is 4.90 Å². The SMILES string of the molecule is C#CCCCC(=O)C(C)(C)N1CCCC1. The summed E-state index contributed by atoms with van der Waals surface area (Å²) in [4.78, 5) is 14.3. The first-order valence-electron chi connectivity index (χ1n) is 5.81. The van der Waals surface area contributed by atoms with E-state index < -0.39 is 0 Å². The van der Waals surface area contributed by atoms with E-state index in [0.717, 1.165) is 19.5 Å². The van der Waals surface area contributed by atoms with E-state index in [-0.39, 0.29) is 5.54 Å². The highest BCUT2D eigenvalue weighted by atomic mass is 16.1. The first kappa shape index (κ1) is 12.3. The molecule has 1 rings (SSSR count). The van der Waals surface area contributed by atoms with Crippen molar-refractivity contribution in [2.24, 2.45) is 0 Å². The molecule has 0 radical (unpaired) electrons. The lowest BCUT2D eigenvalue weighted by atomic mass is 9.93. The third-order valence-corrected chi connectivity index (χ3v) is 3.30. The fraction of sp³-hybridized carbons (Fsp3) is 0.769. The Hall–Kier alpha value is -0.810. The van der Waals surface area contributed by atoms with E-state index in [4.69, 9.17) is 6.42 Å². The molecule has 2 nitrogen and oxygen atoms in total. The third-order valence-electron chi connectivity index (χ3n) is 3.30. The topological polar surface area (TPSA) is 20.3 Å². The molecule has 84 valence electrons. The summed E-state index contributed by atoms with van der Waals surface area (Å²) in [6, 6.07) is 0. The van der Waals surface area contributed by atoms with Gasteiger partial charge in [-0.05, 0) is 46.2 Å². The molecule has 0 atom stereocenters. The smallest absolute Gasteiger partial charge is 0.152 e. The maximum Gasteiger partial charge on any atom is 0.152 e. The van der Waals surface area contributed by atoms with Gasteiger partial charge in [0.1, 0.15) is 0 Å². The van der Waals surface area contributed by atoms with Crippen molar-refractivity contribution < 1.29 is 4.79 Å². The quantitative estimate of drug-likeness (QED) is 0.509. The number of rotatable bonds is 5. The van der Waals surface area contributed by atoms with Gasteiger partial charge in [0.25, 0.3) is 0 Å². The number of Topliss-reactive ketones (excluding diaryl/α,β-unsaturated/α-hetero) is 1. The van der Waals surface area contributed by atoms with Crippen LogP contribution in [0.25, 0.3) is 0 Å². The minimum Gasteiger partial charge on any atom is -0.298 e. The zero-order valence-corrected chi connectivity index (χ0v) is 9.88. The maximum absolute atomic E-state index is 12.0. The van der Waals surface area contributed by atoms with Crippen LogP contribution >= 0.6 is 0 Å². The molecule has 0 bridgehead atoms. The molecule has 15 heavy (non-hydrogen) atoms. The average Bonchev–Trinajstić information content (AvgIpc) is 2.71. The van der Waals surface area contributed by atoms with Crippen LogP contribution in [0.3, 0.4) is 0 Å². The Balaban J connectivity index is 2.45. The lowest BCUT2D eigenvalue weighted by Crippen LogP contribution is -2.48. The molecule has 0 N–H and O–H groups in total. The van der Waals surface area contributed by atoms with Crippen molar-refractivity contribution in [2.75, 3.05) is 13.1 Å². The summed E-state index contributed by atoms with van der Waals surface area (Å²) in [6.07, 6.45) is 9.78. The predicted octanol–water partition coefficient (Wildman–Crippen LogP) is 2.23. The zero-order chi connectivity index (χ0) is 11.3. The van der Waals surface area contributed by atoms with Gasteiger partial charge in [-0.3, -0.25) is 9.69 Å². The summed E-state index contributed by atoms with van der Waals surface area (Å²) in [7, 11) is 0. The van der Waals surface area contributed by atoms with E-state index in [9.17, 15) is 4.79 Å². The molecular formula is C13H21NO. The Labute approximate surface area is 93.0 Å². The van der Waals surface area contributed by atoms with Gasteiger partial charge in [-0.25, -0.2) is 0 Å². The number of unbranched alkanes of at least 4 members (excludes halogenated alkanes) is 1. The molecule has 0 aromatic heterocycles. The van der Waals surface area contributed by atoms with E-state index >= 15 is 0 Å². The number of carbonyl (C=O) groups is 1. The van der Waals surface area contributed by atoms with Crippen LogP contribution in [0.4, 0.5) is 0 Å². The molecule has 0 saturated carbocycles. The van der Waals surface area contributed by atoms with Crippen molar-refractivity contribution in [2.45, 2.75) is 51.5 Å². The molecule has 0 aromatic carbocycles. The van der Waals surface area contributed by atoms with Crippen LogP contribution in [0, 0.1) is 12.3 Å². The largest absolute Gasteiger partial charge is 0.298 e. The highest BCUT2D eigenvalue weighted by Crippen LogP contribution is 2.23. The molecule has 0 spiro atoms. The normalized spacial score (nSPS) is 17.7. The van der Waals surface area contributed by atoms with Gasteiger partial charge in [0.2, 0.25) is 0 Å². The minimum atomic E-state index is -0.287. The average molecular weight is 207 g/mol. The van der Waals surface area contributed by atoms with Crippen LogP contribution in [-0.4, -0.2) is 29.3 Å². The lowest BCUT2D eigenvalue weighted by Gasteiger charge is -2.33. The predicted molar refractivity (Wildman–Crippen MR) is 62.6 cm³/mol. The highest BCUT2D eigenvalue weighted by molar-refractivity contribution is 5.87. The first-order chi connectivity index (χ1) is 7.09. The second-order valence-electron chi connectivity index (χ2n) is 4.73. The number of nitrogens with zero attached hydrogens (tertiary/aromatic N) is 1. The molecule has 1 aliphatic rings. The number of terminal acetylenes is 1. The number of hydrogen-bond donors (Lipinski definition) is 0. The second kappa shape index (κ2) is 5.32. The molecule has 0 aromatic rings. The van der Waals surface area contributed by atoms with Gasteiger partial charge in [-0.15, -0.1) is 12.3 Å². The van der Waals surface area contributed by atoms with Crippen LogP contribution in [0.1, 0.15) is 46.0 Å². The monoisotopic (exact) mass is 207 g/mol. The van der Waals surface area contributed by atoms with Gasteiger partial charge in [0.15, 0.2) is 5.78 Å². The van der Waals surface area contributed by atoms with Crippen LogP contribution in [-0.2, 0) is 4.79 Å². The molecule has 2 heteroatoms.